The first-order valence-electron chi connectivity index (χ1n) is 9.48. The molecule has 1 heterocycles. The number of hydrogen-bond acceptors (Lipinski definition) is 6. The van der Waals surface area contributed by atoms with Gasteiger partial charge in [-0.2, -0.15) is 0 Å². The Labute approximate surface area is 204 Å². The number of hydrogen-bond donors (Lipinski definition) is 0. The molecule has 1 aliphatic heterocycles. The van der Waals surface area contributed by atoms with E-state index >= 15 is 0 Å². The van der Waals surface area contributed by atoms with E-state index in [1.165, 1.54) is 13.2 Å². The molecule has 0 N–H and O–H groups in total. The zero-order valence-corrected chi connectivity index (χ0v) is 19.2. The van der Waals surface area contributed by atoms with Gasteiger partial charge in [0.1, 0.15) is 0 Å². The molecule has 0 spiro atoms. The molecule has 9 heteroatoms. The molecule has 166 valence electrons. The molecule has 0 radical (unpaired) electrons. The Kier molecular flexibility index (Phi) is 6.70. The second kappa shape index (κ2) is 9.67. The fraction of sp³-hybridized carbons (Fsp3) is 0.0417. The second-order valence-corrected chi connectivity index (χ2v) is 8.02. The number of carbonyl (C=O) groups is 2. The largest absolute Gasteiger partial charge is 0.493 e. The maximum Gasteiger partial charge on any atom is 0.363 e. The third kappa shape index (κ3) is 5.20. The maximum atomic E-state index is 12.4. The second-order valence-electron chi connectivity index (χ2n) is 6.77. The van der Waals surface area contributed by atoms with E-state index in [9.17, 15) is 9.59 Å². The zero-order chi connectivity index (χ0) is 23.5. The molecule has 3 aromatic carbocycles. The number of ether oxygens (including phenoxy) is 3. The van der Waals surface area contributed by atoms with Crippen molar-refractivity contribution in [2.24, 2.45) is 4.99 Å². The van der Waals surface area contributed by atoms with Crippen LogP contribution in [0.2, 0.25) is 15.1 Å². The number of nitrogens with zero attached hydrogens (tertiary/aromatic N) is 1. The van der Waals surface area contributed by atoms with E-state index in [4.69, 9.17) is 49.0 Å². The van der Waals surface area contributed by atoms with Crippen molar-refractivity contribution >= 4 is 58.7 Å². The lowest BCUT2D eigenvalue weighted by atomic mass is 10.1. The van der Waals surface area contributed by atoms with Crippen LogP contribution in [0.4, 0.5) is 0 Å². The van der Waals surface area contributed by atoms with Gasteiger partial charge < -0.3 is 14.2 Å². The quantitative estimate of drug-likeness (QED) is 0.235. The molecule has 0 unspecified atom stereocenters. The Morgan fingerprint density at radius 3 is 2.39 bits per heavy atom. The number of aliphatic imine (C=N–C) groups is 1. The molecule has 0 bridgehead atoms. The summed E-state index contributed by atoms with van der Waals surface area (Å²) < 4.78 is 16.0. The van der Waals surface area contributed by atoms with Crippen LogP contribution in [-0.4, -0.2) is 24.9 Å². The van der Waals surface area contributed by atoms with Gasteiger partial charge in [0.15, 0.2) is 17.2 Å². The SMILES string of the molecule is COc1cc(/C=C2\N=C(c3ccc(Cl)c(Cl)c3)OC2=O)ccc1OC(=O)c1ccc(Cl)cc1. The fourth-order valence-corrected chi connectivity index (χ4v) is 3.35. The van der Waals surface area contributed by atoms with Crippen LogP contribution in [0.25, 0.3) is 6.08 Å². The molecule has 0 atom stereocenters. The highest BCUT2D eigenvalue weighted by atomic mass is 35.5. The van der Waals surface area contributed by atoms with Crippen molar-refractivity contribution in [2.75, 3.05) is 7.11 Å². The number of benzene rings is 3. The van der Waals surface area contributed by atoms with Gasteiger partial charge in [0, 0.05) is 10.6 Å². The highest BCUT2D eigenvalue weighted by molar-refractivity contribution is 6.42. The Morgan fingerprint density at radius 2 is 1.70 bits per heavy atom. The summed E-state index contributed by atoms with van der Waals surface area (Å²) in [4.78, 5) is 28.9. The minimum atomic E-state index is -0.617. The molecule has 6 nitrogen and oxygen atoms in total. The molecule has 0 aromatic heterocycles. The first-order chi connectivity index (χ1) is 15.8. The molecular formula is C24H14Cl3NO5. The normalized spacial score (nSPS) is 14.1. The molecular weight excluding hydrogens is 489 g/mol. The molecule has 33 heavy (non-hydrogen) atoms. The lowest BCUT2D eigenvalue weighted by Gasteiger charge is -2.10. The Morgan fingerprint density at radius 1 is 0.939 bits per heavy atom. The van der Waals surface area contributed by atoms with Crippen molar-refractivity contribution in [3.8, 4) is 11.5 Å². The minimum absolute atomic E-state index is 0.0871. The van der Waals surface area contributed by atoms with Gasteiger partial charge in [-0.15, -0.1) is 0 Å². The fourth-order valence-electron chi connectivity index (χ4n) is 2.92. The Bertz CT molecular complexity index is 1320. The van der Waals surface area contributed by atoms with E-state index < -0.39 is 11.9 Å². The Balaban J connectivity index is 1.57. The van der Waals surface area contributed by atoms with Gasteiger partial charge in [-0.3, -0.25) is 0 Å². The third-order valence-corrected chi connectivity index (χ3v) is 5.55. The van der Waals surface area contributed by atoms with Crippen molar-refractivity contribution in [1.82, 2.24) is 0 Å². The summed E-state index contributed by atoms with van der Waals surface area (Å²) in [6.07, 6.45) is 1.53. The van der Waals surface area contributed by atoms with Gasteiger partial charge in [-0.05, 0) is 66.2 Å². The molecule has 0 saturated carbocycles. The molecule has 1 aliphatic rings. The first-order valence-corrected chi connectivity index (χ1v) is 10.6. The minimum Gasteiger partial charge on any atom is -0.493 e. The van der Waals surface area contributed by atoms with E-state index in [0.29, 0.717) is 37.5 Å². The summed E-state index contributed by atoms with van der Waals surface area (Å²) >= 11 is 17.8. The number of rotatable bonds is 5. The zero-order valence-electron chi connectivity index (χ0n) is 17.0. The maximum absolute atomic E-state index is 12.4. The van der Waals surface area contributed by atoms with Crippen LogP contribution in [0.1, 0.15) is 21.5 Å². The summed E-state index contributed by atoms with van der Waals surface area (Å²) in [5.74, 6) is -0.551. The van der Waals surface area contributed by atoms with Gasteiger partial charge in [0.05, 0.1) is 22.7 Å². The van der Waals surface area contributed by atoms with Crippen molar-refractivity contribution in [2.45, 2.75) is 0 Å². The number of halogens is 3. The molecule has 0 saturated heterocycles. The van der Waals surface area contributed by atoms with E-state index in [0.717, 1.165) is 0 Å². The third-order valence-electron chi connectivity index (χ3n) is 4.56. The van der Waals surface area contributed by atoms with E-state index in [1.54, 1.807) is 60.7 Å². The van der Waals surface area contributed by atoms with Gasteiger partial charge in [-0.25, -0.2) is 14.6 Å². The van der Waals surface area contributed by atoms with Crippen molar-refractivity contribution < 1.29 is 23.8 Å². The van der Waals surface area contributed by atoms with Crippen LogP contribution < -0.4 is 9.47 Å². The van der Waals surface area contributed by atoms with E-state index in [2.05, 4.69) is 4.99 Å². The highest BCUT2D eigenvalue weighted by Crippen LogP contribution is 2.31. The number of methoxy groups -OCH3 is 1. The standard InChI is InChI=1S/C24H14Cl3NO5/c1-31-21-11-13(2-9-20(21)32-23(29)14-3-6-16(25)7-4-14)10-19-24(30)33-22(28-19)15-5-8-17(26)18(27)12-15/h2-12H,1H3/b19-10-. The van der Waals surface area contributed by atoms with Crippen molar-refractivity contribution in [1.29, 1.82) is 0 Å². The molecule has 0 aliphatic carbocycles. The smallest absolute Gasteiger partial charge is 0.363 e. The summed E-state index contributed by atoms with van der Waals surface area (Å²) in [7, 11) is 1.44. The molecule has 4 rings (SSSR count). The van der Waals surface area contributed by atoms with Crippen LogP contribution in [0, 0.1) is 0 Å². The summed E-state index contributed by atoms with van der Waals surface area (Å²) in [6, 6.07) is 15.9. The van der Waals surface area contributed by atoms with Crippen LogP contribution >= 0.6 is 34.8 Å². The topological polar surface area (TPSA) is 74.2 Å². The Hall–Kier alpha value is -3.32. The summed E-state index contributed by atoms with van der Waals surface area (Å²) in [5.41, 5.74) is 1.53. The van der Waals surface area contributed by atoms with Gasteiger partial charge in [0.2, 0.25) is 5.90 Å². The van der Waals surface area contributed by atoms with Crippen LogP contribution in [-0.2, 0) is 9.53 Å². The van der Waals surface area contributed by atoms with Gasteiger partial charge in [0.25, 0.3) is 0 Å². The number of cyclic esters (lactones) is 1. The average molecular weight is 503 g/mol. The van der Waals surface area contributed by atoms with Crippen LogP contribution in [0.5, 0.6) is 11.5 Å². The molecule has 3 aromatic rings. The monoisotopic (exact) mass is 501 g/mol. The highest BCUT2D eigenvalue weighted by Gasteiger charge is 2.25. The van der Waals surface area contributed by atoms with Crippen LogP contribution in [0.15, 0.2) is 71.4 Å². The average Bonchev–Trinajstić information content (AvgIpc) is 3.17. The van der Waals surface area contributed by atoms with E-state index in [1.807, 2.05) is 0 Å². The lowest BCUT2D eigenvalue weighted by Crippen LogP contribution is -2.09. The molecule has 0 fully saturated rings. The van der Waals surface area contributed by atoms with Gasteiger partial charge in [-0.1, -0.05) is 40.9 Å². The number of carbonyl (C=O) groups excluding carboxylic acids is 2. The van der Waals surface area contributed by atoms with E-state index in [-0.39, 0.29) is 17.3 Å². The van der Waals surface area contributed by atoms with Crippen LogP contribution in [0.3, 0.4) is 0 Å². The summed E-state index contributed by atoms with van der Waals surface area (Å²) in [6.45, 7) is 0. The first kappa shape index (κ1) is 22.9. The van der Waals surface area contributed by atoms with Crippen molar-refractivity contribution in [3.63, 3.8) is 0 Å². The van der Waals surface area contributed by atoms with Crippen molar-refractivity contribution in [3.05, 3.63) is 98.1 Å². The predicted octanol–water partition coefficient (Wildman–Crippen LogP) is 6.22. The lowest BCUT2D eigenvalue weighted by molar-refractivity contribution is -0.129. The molecule has 0 amide bonds. The van der Waals surface area contributed by atoms with Gasteiger partial charge >= 0.3 is 11.9 Å². The summed E-state index contributed by atoms with van der Waals surface area (Å²) in [5, 5.41) is 1.21. The number of esters is 2. The predicted molar refractivity (Wildman–Crippen MR) is 126 cm³/mol.